The molecular weight excluding hydrogens is 350 g/mol. The van der Waals surface area contributed by atoms with Crippen LogP contribution in [0.15, 0.2) is 54.6 Å². The predicted molar refractivity (Wildman–Crippen MR) is 110 cm³/mol. The summed E-state index contributed by atoms with van der Waals surface area (Å²) in [5, 5.41) is 0. The van der Waals surface area contributed by atoms with E-state index in [0.717, 1.165) is 11.1 Å². The highest BCUT2D eigenvalue weighted by Crippen LogP contribution is 2.46. The molecule has 1 aliphatic rings. The van der Waals surface area contributed by atoms with E-state index in [9.17, 15) is 9.59 Å². The van der Waals surface area contributed by atoms with Crippen LogP contribution >= 0.6 is 0 Å². The number of carbonyl (C=O) groups is 2. The maximum absolute atomic E-state index is 13.4. The molecule has 28 heavy (non-hydrogen) atoms. The fourth-order valence-electron chi connectivity index (χ4n) is 3.46. The molecule has 1 heterocycles. The van der Waals surface area contributed by atoms with Gasteiger partial charge in [-0.3, -0.25) is 4.79 Å². The number of nitrogens with zero attached hydrogens (tertiary/aromatic N) is 1. The zero-order valence-electron chi connectivity index (χ0n) is 16.8. The largest absolute Gasteiger partial charge is 0.443 e. The Morgan fingerprint density at radius 1 is 1.07 bits per heavy atom. The van der Waals surface area contributed by atoms with Crippen LogP contribution in [-0.4, -0.2) is 17.6 Å². The van der Waals surface area contributed by atoms with E-state index in [1.807, 2.05) is 55.5 Å². The molecule has 0 aromatic heterocycles. The molecule has 2 aromatic rings. The van der Waals surface area contributed by atoms with Gasteiger partial charge < -0.3 is 4.74 Å². The standard InChI is InChI=1S/C24H25NO3/c1-5-24(17-11-14-18-12-7-6-8-13-18)19-15-9-10-16-20(19)25(21(24)26)22(27)28-23(2,3)4/h6-10,12-13,15-16H,5,17H2,1-4H3/t24-/m0/s1. The molecule has 0 unspecified atom stereocenters. The van der Waals surface area contributed by atoms with Gasteiger partial charge in [-0.15, -0.1) is 0 Å². The molecule has 0 saturated carbocycles. The molecule has 0 radical (unpaired) electrons. The highest BCUT2D eigenvalue weighted by Gasteiger charge is 2.52. The average molecular weight is 375 g/mol. The minimum atomic E-state index is -0.852. The number of amides is 2. The second-order valence-electron chi connectivity index (χ2n) is 7.92. The van der Waals surface area contributed by atoms with Crippen LogP contribution < -0.4 is 4.90 Å². The summed E-state index contributed by atoms with van der Waals surface area (Å²) < 4.78 is 5.49. The monoisotopic (exact) mass is 375 g/mol. The molecule has 0 saturated heterocycles. The maximum atomic E-state index is 13.4. The van der Waals surface area contributed by atoms with Crippen molar-refractivity contribution in [1.82, 2.24) is 0 Å². The van der Waals surface area contributed by atoms with Crippen LogP contribution in [0.5, 0.6) is 0 Å². The minimum Gasteiger partial charge on any atom is -0.443 e. The number of ether oxygens (including phenoxy) is 1. The highest BCUT2D eigenvalue weighted by molar-refractivity contribution is 6.21. The van der Waals surface area contributed by atoms with E-state index in [4.69, 9.17) is 4.74 Å². The number of imide groups is 1. The number of anilines is 1. The molecule has 3 rings (SSSR count). The Morgan fingerprint density at radius 2 is 1.71 bits per heavy atom. The fraction of sp³-hybridized carbons (Fsp3) is 0.333. The minimum absolute atomic E-state index is 0.271. The molecule has 0 aliphatic carbocycles. The van der Waals surface area contributed by atoms with Crippen LogP contribution in [0.1, 0.15) is 51.7 Å². The van der Waals surface area contributed by atoms with Crippen LogP contribution in [0.4, 0.5) is 10.5 Å². The fourth-order valence-corrected chi connectivity index (χ4v) is 3.46. The van der Waals surface area contributed by atoms with Crippen LogP contribution in [-0.2, 0) is 14.9 Å². The van der Waals surface area contributed by atoms with Gasteiger partial charge in [0.25, 0.3) is 0 Å². The third-order valence-electron chi connectivity index (χ3n) is 4.85. The van der Waals surface area contributed by atoms with Crippen molar-refractivity contribution in [1.29, 1.82) is 0 Å². The van der Waals surface area contributed by atoms with Crippen molar-refractivity contribution in [3.63, 3.8) is 0 Å². The highest BCUT2D eigenvalue weighted by atomic mass is 16.6. The zero-order chi connectivity index (χ0) is 20.4. The second-order valence-corrected chi connectivity index (χ2v) is 7.92. The summed E-state index contributed by atoms with van der Waals surface area (Å²) in [5.41, 5.74) is 0.781. The number of rotatable bonds is 2. The van der Waals surface area contributed by atoms with E-state index in [1.165, 1.54) is 4.90 Å². The van der Waals surface area contributed by atoms with Crippen LogP contribution in [0.25, 0.3) is 0 Å². The molecular formula is C24H25NO3. The molecule has 0 bridgehead atoms. The van der Waals surface area contributed by atoms with Crippen molar-refractivity contribution in [2.75, 3.05) is 4.90 Å². The Bertz CT molecular complexity index is 947. The molecule has 0 spiro atoms. The molecule has 0 fully saturated rings. The average Bonchev–Trinajstić information content (AvgIpc) is 2.90. The smallest absolute Gasteiger partial charge is 0.421 e. The molecule has 2 amide bonds. The van der Waals surface area contributed by atoms with Gasteiger partial charge in [-0.1, -0.05) is 55.2 Å². The predicted octanol–water partition coefficient (Wildman–Crippen LogP) is 5.06. The van der Waals surface area contributed by atoms with Gasteiger partial charge in [0.05, 0.1) is 11.1 Å². The quantitative estimate of drug-likeness (QED) is 0.690. The lowest BCUT2D eigenvalue weighted by atomic mass is 9.76. The zero-order valence-corrected chi connectivity index (χ0v) is 16.8. The Balaban J connectivity index is 1.99. The Kier molecular flexibility index (Phi) is 5.29. The molecule has 0 N–H and O–H groups in total. The number of benzene rings is 2. The summed E-state index contributed by atoms with van der Waals surface area (Å²) in [6.45, 7) is 7.32. The summed E-state index contributed by atoms with van der Waals surface area (Å²) in [6.07, 6.45) is 0.246. The van der Waals surface area contributed by atoms with Gasteiger partial charge >= 0.3 is 6.09 Å². The normalized spacial score (nSPS) is 18.3. The van der Waals surface area contributed by atoms with E-state index in [2.05, 4.69) is 11.8 Å². The molecule has 4 nitrogen and oxygen atoms in total. The van der Waals surface area contributed by atoms with E-state index in [0.29, 0.717) is 18.5 Å². The molecule has 4 heteroatoms. The molecule has 2 aromatic carbocycles. The number of hydrogen-bond acceptors (Lipinski definition) is 3. The Morgan fingerprint density at radius 3 is 2.36 bits per heavy atom. The van der Waals surface area contributed by atoms with Crippen molar-refractivity contribution < 1.29 is 14.3 Å². The summed E-state index contributed by atoms with van der Waals surface area (Å²) in [7, 11) is 0. The summed E-state index contributed by atoms with van der Waals surface area (Å²) >= 11 is 0. The van der Waals surface area contributed by atoms with Crippen molar-refractivity contribution in [3.8, 4) is 11.8 Å². The maximum Gasteiger partial charge on any atom is 0.421 e. The van der Waals surface area contributed by atoms with Crippen LogP contribution in [0.3, 0.4) is 0 Å². The van der Waals surface area contributed by atoms with Crippen LogP contribution in [0, 0.1) is 11.8 Å². The summed E-state index contributed by atoms with van der Waals surface area (Å²) in [5.74, 6) is 6.02. The van der Waals surface area contributed by atoms with Gasteiger partial charge in [-0.05, 0) is 51.0 Å². The lowest BCUT2D eigenvalue weighted by Gasteiger charge is -2.26. The Labute approximate surface area is 166 Å². The lowest BCUT2D eigenvalue weighted by Crippen LogP contribution is -2.45. The van der Waals surface area contributed by atoms with E-state index in [1.54, 1.807) is 26.8 Å². The van der Waals surface area contributed by atoms with E-state index >= 15 is 0 Å². The van der Waals surface area contributed by atoms with Gasteiger partial charge in [0.15, 0.2) is 0 Å². The van der Waals surface area contributed by atoms with Crippen LogP contribution in [0.2, 0.25) is 0 Å². The van der Waals surface area contributed by atoms with Gasteiger partial charge in [0.2, 0.25) is 5.91 Å². The first-order valence-corrected chi connectivity index (χ1v) is 9.49. The first kappa shape index (κ1) is 19.7. The summed E-state index contributed by atoms with van der Waals surface area (Å²) in [4.78, 5) is 27.4. The molecule has 144 valence electrons. The van der Waals surface area contributed by atoms with Crippen molar-refractivity contribution in [2.24, 2.45) is 0 Å². The van der Waals surface area contributed by atoms with Crippen molar-refractivity contribution >= 4 is 17.7 Å². The summed E-state index contributed by atoms with van der Waals surface area (Å²) in [6, 6.07) is 17.1. The first-order valence-electron chi connectivity index (χ1n) is 9.49. The number of carbonyl (C=O) groups excluding carboxylic acids is 2. The topological polar surface area (TPSA) is 46.6 Å². The third-order valence-corrected chi connectivity index (χ3v) is 4.85. The number of hydrogen-bond donors (Lipinski definition) is 0. The van der Waals surface area contributed by atoms with E-state index < -0.39 is 17.1 Å². The second kappa shape index (κ2) is 7.52. The van der Waals surface area contributed by atoms with Crippen molar-refractivity contribution in [3.05, 3.63) is 65.7 Å². The first-order chi connectivity index (χ1) is 13.3. The SMILES string of the molecule is CC[C@@]1(CC#Cc2ccccc2)C(=O)N(C(=O)OC(C)(C)C)c2ccccc21. The van der Waals surface area contributed by atoms with Gasteiger partial charge in [0, 0.05) is 12.0 Å². The van der Waals surface area contributed by atoms with Gasteiger partial charge in [-0.2, -0.15) is 0 Å². The van der Waals surface area contributed by atoms with Crippen molar-refractivity contribution in [2.45, 2.75) is 51.6 Å². The lowest BCUT2D eigenvalue weighted by molar-refractivity contribution is -0.122. The number of fused-ring (bicyclic) bond motifs is 1. The van der Waals surface area contributed by atoms with E-state index in [-0.39, 0.29) is 5.91 Å². The third kappa shape index (κ3) is 3.66. The van der Waals surface area contributed by atoms with Gasteiger partial charge in [-0.25, -0.2) is 9.69 Å². The van der Waals surface area contributed by atoms with Gasteiger partial charge in [0.1, 0.15) is 5.60 Å². The molecule has 1 aliphatic heterocycles. The Hall–Kier alpha value is -3.06. The number of para-hydroxylation sites is 1. The molecule has 1 atom stereocenters.